The van der Waals surface area contributed by atoms with E-state index >= 15 is 0 Å². The molecule has 0 radical (unpaired) electrons. The molecule has 6 nitrogen and oxygen atoms in total. The van der Waals surface area contributed by atoms with Gasteiger partial charge in [0.1, 0.15) is 0 Å². The predicted molar refractivity (Wildman–Crippen MR) is 97.6 cm³/mol. The smallest absolute Gasteiger partial charge is 0.338 e. The van der Waals surface area contributed by atoms with E-state index in [1.165, 1.54) is 11.8 Å². The van der Waals surface area contributed by atoms with Crippen LogP contribution in [0.4, 0.5) is 11.4 Å². The monoisotopic (exact) mass is 355 g/mol. The maximum absolute atomic E-state index is 12.1. The summed E-state index contributed by atoms with van der Waals surface area (Å²) in [5.74, 6) is -1.02. The molecule has 1 amide bonds. The lowest BCUT2D eigenvalue weighted by molar-refractivity contribution is -0.115. The summed E-state index contributed by atoms with van der Waals surface area (Å²) < 4.78 is 9.91. The van der Waals surface area contributed by atoms with Crippen molar-refractivity contribution in [2.45, 2.75) is 20.8 Å². The number of benzene rings is 2. The van der Waals surface area contributed by atoms with Crippen LogP contribution in [0.25, 0.3) is 0 Å². The molecule has 0 fully saturated rings. The topological polar surface area (TPSA) is 72.9 Å². The molecular formula is C20H21NO5. The molecule has 136 valence electrons. The van der Waals surface area contributed by atoms with Gasteiger partial charge in [0.15, 0.2) is 0 Å². The van der Waals surface area contributed by atoms with E-state index < -0.39 is 11.9 Å². The van der Waals surface area contributed by atoms with Crippen LogP contribution >= 0.6 is 0 Å². The lowest BCUT2D eigenvalue weighted by Crippen LogP contribution is -2.22. The van der Waals surface area contributed by atoms with Gasteiger partial charge in [0.2, 0.25) is 5.91 Å². The highest BCUT2D eigenvalue weighted by Crippen LogP contribution is 2.26. The zero-order valence-electron chi connectivity index (χ0n) is 15.0. The molecule has 2 aromatic carbocycles. The summed E-state index contributed by atoms with van der Waals surface area (Å²) in [6, 6.07) is 13.1. The van der Waals surface area contributed by atoms with Gasteiger partial charge in [0.25, 0.3) is 0 Å². The largest absolute Gasteiger partial charge is 0.462 e. The molecule has 6 heteroatoms. The number of nitrogens with zero attached hydrogens (tertiary/aromatic N) is 1. The fourth-order valence-corrected chi connectivity index (χ4v) is 2.43. The van der Waals surface area contributed by atoms with E-state index in [-0.39, 0.29) is 5.91 Å². The number of amides is 1. The Kier molecular flexibility index (Phi) is 6.49. The molecule has 2 rings (SSSR count). The molecule has 0 aliphatic heterocycles. The quantitative estimate of drug-likeness (QED) is 0.738. The Hall–Kier alpha value is -3.15. The lowest BCUT2D eigenvalue weighted by Gasteiger charge is -2.21. The molecule has 26 heavy (non-hydrogen) atoms. The van der Waals surface area contributed by atoms with Crippen molar-refractivity contribution in [3.63, 3.8) is 0 Å². The molecule has 0 bridgehead atoms. The summed E-state index contributed by atoms with van der Waals surface area (Å²) in [4.78, 5) is 37.1. The highest BCUT2D eigenvalue weighted by Gasteiger charge is 2.16. The van der Waals surface area contributed by atoms with Crippen molar-refractivity contribution in [3.05, 3.63) is 59.7 Å². The number of ether oxygens (including phenoxy) is 2. The zero-order valence-corrected chi connectivity index (χ0v) is 15.0. The number of anilines is 2. The minimum absolute atomic E-state index is 0.197. The van der Waals surface area contributed by atoms with Gasteiger partial charge in [0.05, 0.1) is 24.3 Å². The van der Waals surface area contributed by atoms with Crippen LogP contribution in [0.15, 0.2) is 48.5 Å². The Morgan fingerprint density at radius 3 is 1.35 bits per heavy atom. The molecule has 0 spiro atoms. The first-order valence-corrected chi connectivity index (χ1v) is 8.33. The van der Waals surface area contributed by atoms with Crippen LogP contribution in [-0.2, 0) is 14.3 Å². The first kappa shape index (κ1) is 19.2. The molecular weight excluding hydrogens is 334 g/mol. The Morgan fingerprint density at radius 2 is 1.08 bits per heavy atom. The Morgan fingerprint density at radius 1 is 0.731 bits per heavy atom. The fraction of sp³-hybridized carbons (Fsp3) is 0.250. The summed E-state index contributed by atoms with van der Waals surface area (Å²) >= 11 is 0. The summed E-state index contributed by atoms with van der Waals surface area (Å²) in [6.45, 7) is 5.52. The number of carbonyl (C=O) groups excluding carboxylic acids is 3. The predicted octanol–water partition coefficient (Wildman–Crippen LogP) is 3.72. The number of esters is 2. The van der Waals surface area contributed by atoms with E-state index in [2.05, 4.69) is 0 Å². The molecule has 0 N–H and O–H groups in total. The van der Waals surface area contributed by atoms with Crippen LogP contribution in [0.3, 0.4) is 0 Å². The van der Waals surface area contributed by atoms with Crippen molar-refractivity contribution in [3.8, 4) is 0 Å². The zero-order chi connectivity index (χ0) is 19.1. The maximum atomic E-state index is 12.1. The van der Waals surface area contributed by atoms with E-state index in [9.17, 15) is 14.4 Å². The third-order valence-electron chi connectivity index (χ3n) is 3.59. The summed E-state index contributed by atoms with van der Waals surface area (Å²) in [6.07, 6.45) is 0. The fourth-order valence-electron chi connectivity index (χ4n) is 2.43. The second kappa shape index (κ2) is 8.80. The van der Waals surface area contributed by atoms with Gasteiger partial charge in [-0.05, 0) is 62.4 Å². The van der Waals surface area contributed by atoms with Gasteiger partial charge in [-0.2, -0.15) is 0 Å². The summed E-state index contributed by atoms with van der Waals surface area (Å²) in [5.41, 5.74) is 2.04. The molecule has 0 aliphatic carbocycles. The minimum atomic E-state index is -0.410. The van der Waals surface area contributed by atoms with Gasteiger partial charge in [-0.25, -0.2) is 9.59 Å². The van der Waals surface area contributed by atoms with Gasteiger partial charge in [-0.1, -0.05) is 0 Å². The SMILES string of the molecule is CCOC(=O)c1ccc(N(C(C)=O)c2ccc(C(=O)OCC)cc2)cc1. The van der Waals surface area contributed by atoms with Gasteiger partial charge >= 0.3 is 11.9 Å². The van der Waals surface area contributed by atoms with Crippen molar-refractivity contribution in [2.24, 2.45) is 0 Å². The Labute approximate surface area is 152 Å². The van der Waals surface area contributed by atoms with Crippen LogP contribution in [0.5, 0.6) is 0 Å². The summed E-state index contributed by atoms with van der Waals surface area (Å²) in [5, 5.41) is 0. The second-order valence-corrected chi connectivity index (χ2v) is 5.39. The molecule has 0 heterocycles. The van der Waals surface area contributed by atoms with E-state index in [0.29, 0.717) is 35.7 Å². The first-order valence-electron chi connectivity index (χ1n) is 8.33. The standard InChI is InChI=1S/C20H21NO5/c1-4-25-19(23)15-6-10-17(11-7-15)21(14(3)22)18-12-8-16(9-13-18)20(24)26-5-2/h6-13H,4-5H2,1-3H3. The van der Waals surface area contributed by atoms with Crippen LogP contribution in [-0.4, -0.2) is 31.1 Å². The van der Waals surface area contributed by atoms with Crippen LogP contribution in [0.1, 0.15) is 41.5 Å². The average Bonchev–Trinajstić information content (AvgIpc) is 2.63. The van der Waals surface area contributed by atoms with Crippen LogP contribution in [0.2, 0.25) is 0 Å². The number of hydrogen-bond donors (Lipinski definition) is 0. The van der Waals surface area contributed by atoms with E-state index in [0.717, 1.165) is 0 Å². The van der Waals surface area contributed by atoms with Crippen molar-refractivity contribution in [1.29, 1.82) is 0 Å². The number of carbonyl (C=O) groups is 3. The normalized spacial score (nSPS) is 10.1. The van der Waals surface area contributed by atoms with Crippen LogP contribution in [0, 0.1) is 0 Å². The molecule has 2 aromatic rings. The van der Waals surface area contributed by atoms with Crippen molar-refractivity contribution >= 4 is 29.2 Å². The molecule has 0 aliphatic rings. The Balaban J connectivity index is 2.27. The third kappa shape index (κ3) is 4.47. The summed E-state index contributed by atoms with van der Waals surface area (Å²) in [7, 11) is 0. The van der Waals surface area contributed by atoms with Gasteiger partial charge in [-0.15, -0.1) is 0 Å². The molecule has 0 atom stereocenters. The molecule has 0 unspecified atom stereocenters. The van der Waals surface area contributed by atoms with Gasteiger partial charge in [-0.3, -0.25) is 9.69 Å². The van der Waals surface area contributed by atoms with E-state index in [4.69, 9.17) is 9.47 Å². The van der Waals surface area contributed by atoms with Crippen molar-refractivity contribution < 1.29 is 23.9 Å². The maximum Gasteiger partial charge on any atom is 0.338 e. The van der Waals surface area contributed by atoms with E-state index in [1.807, 2.05) is 0 Å². The number of rotatable bonds is 6. The third-order valence-corrected chi connectivity index (χ3v) is 3.59. The van der Waals surface area contributed by atoms with Crippen molar-refractivity contribution in [1.82, 2.24) is 0 Å². The van der Waals surface area contributed by atoms with E-state index in [1.54, 1.807) is 62.4 Å². The molecule has 0 aromatic heterocycles. The Bertz CT molecular complexity index is 719. The number of hydrogen-bond acceptors (Lipinski definition) is 5. The van der Waals surface area contributed by atoms with Crippen LogP contribution < -0.4 is 4.90 Å². The van der Waals surface area contributed by atoms with Crippen molar-refractivity contribution in [2.75, 3.05) is 18.1 Å². The highest BCUT2D eigenvalue weighted by atomic mass is 16.5. The first-order chi connectivity index (χ1) is 12.5. The highest BCUT2D eigenvalue weighted by molar-refractivity contribution is 6.00. The lowest BCUT2D eigenvalue weighted by atomic mass is 10.1. The molecule has 0 saturated heterocycles. The van der Waals surface area contributed by atoms with Gasteiger partial charge < -0.3 is 9.47 Å². The average molecular weight is 355 g/mol. The van der Waals surface area contributed by atoms with Gasteiger partial charge in [0, 0.05) is 18.3 Å². The minimum Gasteiger partial charge on any atom is -0.462 e. The molecule has 0 saturated carbocycles. The second-order valence-electron chi connectivity index (χ2n) is 5.39.